The lowest BCUT2D eigenvalue weighted by Crippen LogP contribution is -2.37. The van der Waals surface area contributed by atoms with Gasteiger partial charge in [0.2, 0.25) is 0 Å². The van der Waals surface area contributed by atoms with Crippen LogP contribution >= 0.6 is 0 Å². The predicted octanol–water partition coefficient (Wildman–Crippen LogP) is 4.89. The van der Waals surface area contributed by atoms with E-state index < -0.39 is 0 Å². The number of nitrogens with two attached hydrogens (primary N) is 1. The number of hydrogen-bond acceptors (Lipinski definition) is 1. The molecule has 0 spiro atoms. The molecule has 0 heterocycles. The quantitative estimate of drug-likeness (QED) is 0.528. The van der Waals surface area contributed by atoms with Crippen LogP contribution in [0.3, 0.4) is 0 Å². The van der Waals surface area contributed by atoms with Gasteiger partial charge in [0.25, 0.3) is 0 Å². The Morgan fingerprint density at radius 1 is 0.938 bits per heavy atom. The van der Waals surface area contributed by atoms with Gasteiger partial charge in [-0.25, -0.2) is 0 Å². The molecular weight excluding hydrogens is 194 g/mol. The number of rotatable bonds is 10. The van der Waals surface area contributed by atoms with Crippen LogP contribution in [-0.4, -0.2) is 5.54 Å². The first-order chi connectivity index (χ1) is 7.55. The minimum absolute atomic E-state index is 0.0601. The Kier molecular flexibility index (Phi) is 9.02. The molecule has 0 saturated carbocycles. The van der Waals surface area contributed by atoms with Crippen LogP contribution in [0.15, 0.2) is 0 Å². The molecule has 0 aromatic carbocycles. The molecule has 1 heteroatoms. The molecule has 0 aromatic heterocycles. The monoisotopic (exact) mass is 227 g/mol. The zero-order valence-corrected chi connectivity index (χ0v) is 12.0. The van der Waals surface area contributed by atoms with E-state index in [0.717, 1.165) is 12.3 Å². The summed E-state index contributed by atoms with van der Waals surface area (Å²) < 4.78 is 0. The molecule has 1 unspecified atom stereocenters. The summed E-state index contributed by atoms with van der Waals surface area (Å²) in [7, 11) is 0. The molecule has 2 atom stereocenters. The lowest BCUT2D eigenvalue weighted by molar-refractivity contribution is 0.291. The van der Waals surface area contributed by atoms with Crippen molar-refractivity contribution in [3.05, 3.63) is 0 Å². The third-order valence-electron chi connectivity index (χ3n) is 3.74. The smallest absolute Gasteiger partial charge is 0.0125 e. The maximum absolute atomic E-state index is 6.29. The standard InChI is InChI=1S/C15H33N/c1-5-8-10-12-14(11-9-6-2)13-15(4,16)7-3/h14H,5-13,16H2,1-4H3/t14-,15?/m1/s1. The van der Waals surface area contributed by atoms with E-state index in [1.54, 1.807) is 0 Å². The van der Waals surface area contributed by atoms with Gasteiger partial charge < -0.3 is 5.73 Å². The van der Waals surface area contributed by atoms with Crippen molar-refractivity contribution in [3.63, 3.8) is 0 Å². The lowest BCUT2D eigenvalue weighted by Gasteiger charge is -2.28. The van der Waals surface area contributed by atoms with E-state index in [4.69, 9.17) is 5.73 Å². The van der Waals surface area contributed by atoms with Crippen molar-refractivity contribution in [2.45, 2.75) is 91.0 Å². The number of hydrogen-bond donors (Lipinski definition) is 1. The Bertz CT molecular complexity index is 152. The molecule has 0 aliphatic rings. The van der Waals surface area contributed by atoms with Gasteiger partial charge in [0.05, 0.1) is 0 Å². The number of unbranched alkanes of at least 4 members (excludes halogenated alkanes) is 3. The summed E-state index contributed by atoms with van der Waals surface area (Å²) in [5, 5.41) is 0. The summed E-state index contributed by atoms with van der Waals surface area (Å²) in [6, 6.07) is 0. The summed E-state index contributed by atoms with van der Waals surface area (Å²) in [6.45, 7) is 8.99. The summed E-state index contributed by atoms with van der Waals surface area (Å²) in [6.07, 6.45) is 11.9. The van der Waals surface area contributed by atoms with Gasteiger partial charge in [-0.2, -0.15) is 0 Å². The van der Waals surface area contributed by atoms with Crippen LogP contribution in [-0.2, 0) is 0 Å². The molecule has 16 heavy (non-hydrogen) atoms. The van der Waals surface area contributed by atoms with E-state index in [1.807, 2.05) is 0 Å². The third-order valence-corrected chi connectivity index (χ3v) is 3.74. The van der Waals surface area contributed by atoms with Gasteiger partial charge in [-0.15, -0.1) is 0 Å². The molecule has 98 valence electrons. The van der Waals surface area contributed by atoms with Crippen molar-refractivity contribution < 1.29 is 0 Å². The van der Waals surface area contributed by atoms with Crippen molar-refractivity contribution in [3.8, 4) is 0 Å². The zero-order chi connectivity index (χ0) is 12.4. The summed E-state index contributed by atoms with van der Waals surface area (Å²) in [5.41, 5.74) is 6.35. The van der Waals surface area contributed by atoms with Crippen molar-refractivity contribution in [1.82, 2.24) is 0 Å². The topological polar surface area (TPSA) is 26.0 Å². The second-order valence-electron chi connectivity index (χ2n) is 5.72. The van der Waals surface area contributed by atoms with Gasteiger partial charge in [-0.1, -0.05) is 65.7 Å². The normalized spacial score (nSPS) is 17.1. The van der Waals surface area contributed by atoms with Crippen LogP contribution in [0.2, 0.25) is 0 Å². The first-order valence-corrected chi connectivity index (χ1v) is 7.34. The highest BCUT2D eigenvalue weighted by Gasteiger charge is 2.21. The molecular formula is C15H33N. The van der Waals surface area contributed by atoms with Gasteiger partial charge in [-0.05, 0) is 25.7 Å². The van der Waals surface area contributed by atoms with Gasteiger partial charge >= 0.3 is 0 Å². The Morgan fingerprint density at radius 3 is 2.00 bits per heavy atom. The van der Waals surface area contributed by atoms with Crippen LogP contribution in [0.5, 0.6) is 0 Å². The molecule has 0 rings (SSSR count). The Hall–Kier alpha value is -0.0400. The Morgan fingerprint density at radius 2 is 1.50 bits per heavy atom. The molecule has 0 aliphatic carbocycles. The van der Waals surface area contributed by atoms with Crippen molar-refractivity contribution in [2.24, 2.45) is 11.7 Å². The van der Waals surface area contributed by atoms with E-state index in [1.165, 1.54) is 51.4 Å². The third kappa shape index (κ3) is 8.15. The molecule has 0 aromatic rings. The zero-order valence-electron chi connectivity index (χ0n) is 12.0. The molecule has 0 aliphatic heterocycles. The van der Waals surface area contributed by atoms with Gasteiger partial charge in [0.15, 0.2) is 0 Å². The Balaban J connectivity index is 3.98. The van der Waals surface area contributed by atoms with Crippen LogP contribution in [0.1, 0.15) is 85.5 Å². The highest BCUT2D eigenvalue weighted by molar-refractivity contribution is 4.80. The van der Waals surface area contributed by atoms with Crippen LogP contribution in [0.4, 0.5) is 0 Å². The average molecular weight is 227 g/mol. The van der Waals surface area contributed by atoms with Crippen molar-refractivity contribution in [2.75, 3.05) is 0 Å². The second kappa shape index (κ2) is 9.04. The van der Waals surface area contributed by atoms with Gasteiger partial charge in [0, 0.05) is 5.54 Å². The van der Waals surface area contributed by atoms with Crippen molar-refractivity contribution >= 4 is 0 Å². The molecule has 0 radical (unpaired) electrons. The highest BCUT2D eigenvalue weighted by Crippen LogP contribution is 2.26. The van der Waals surface area contributed by atoms with Crippen LogP contribution in [0.25, 0.3) is 0 Å². The predicted molar refractivity (Wildman–Crippen MR) is 74.7 cm³/mol. The van der Waals surface area contributed by atoms with Crippen LogP contribution in [0, 0.1) is 5.92 Å². The highest BCUT2D eigenvalue weighted by atomic mass is 14.7. The van der Waals surface area contributed by atoms with Crippen molar-refractivity contribution in [1.29, 1.82) is 0 Å². The van der Waals surface area contributed by atoms with E-state index in [0.29, 0.717) is 0 Å². The maximum Gasteiger partial charge on any atom is 0.0125 e. The molecule has 0 saturated heterocycles. The molecule has 0 bridgehead atoms. The molecule has 2 N–H and O–H groups in total. The second-order valence-corrected chi connectivity index (χ2v) is 5.72. The minimum Gasteiger partial charge on any atom is -0.325 e. The SMILES string of the molecule is CCCCC[C@@H](CCCC)CC(C)(N)CC. The van der Waals surface area contributed by atoms with E-state index >= 15 is 0 Å². The van der Waals surface area contributed by atoms with Gasteiger partial charge in [-0.3, -0.25) is 0 Å². The fraction of sp³-hybridized carbons (Fsp3) is 1.00. The summed E-state index contributed by atoms with van der Waals surface area (Å²) in [4.78, 5) is 0. The summed E-state index contributed by atoms with van der Waals surface area (Å²) in [5.74, 6) is 0.862. The maximum atomic E-state index is 6.29. The van der Waals surface area contributed by atoms with E-state index in [2.05, 4.69) is 27.7 Å². The van der Waals surface area contributed by atoms with Gasteiger partial charge in [0.1, 0.15) is 0 Å². The van der Waals surface area contributed by atoms with E-state index in [-0.39, 0.29) is 5.54 Å². The van der Waals surface area contributed by atoms with E-state index in [9.17, 15) is 0 Å². The largest absolute Gasteiger partial charge is 0.325 e. The first kappa shape index (κ1) is 16.0. The van der Waals surface area contributed by atoms with Crippen LogP contribution < -0.4 is 5.73 Å². The first-order valence-electron chi connectivity index (χ1n) is 7.34. The fourth-order valence-electron chi connectivity index (χ4n) is 2.33. The minimum atomic E-state index is 0.0601. The molecule has 0 amide bonds. The lowest BCUT2D eigenvalue weighted by atomic mass is 9.82. The fourth-order valence-corrected chi connectivity index (χ4v) is 2.33. The summed E-state index contributed by atoms with van der Waals surface area (Å²) >= 11 is 0. The Labute approximate surface area is 103 Å². The average Bonchev–Trinajstić information content (AvgIpc) is 2.25. The molecule has 1 nitrogen and oxygen atoms in total. The molecule has 0 fully saturated rings.